The van der Waals surface area contributed by atoms with Crippen LogP contribution in [0.3, 0.4) is 0 Å². The highest BCUT2D eigenvalue weighted by molar-refractivity contribution is 7.15. The van der Waals surface area contributed by atoms with Crippen molar-refractivity contribution < 1.29 is 14.3 Å². The van der Waals surface area contributed by atoms with Crippen molar-refractivity contribution in [3.63, 3.8) is 0 Å². The van der Waals surface area contributed by atoms with Crippen molar-refractivity contribution in [3.8, 4) is 27.7 Å². The van der Waals surface area contributed by atoms with Gasteiger partial charge in [0.05, 0.1) is 17.1 Å². The second kappa shape index (κ2) is 8.94. The Bertz CT molecular complexity index is 1190. The van der Waals surface area contributed by atoms with Gasteiger partial charge < -0.3 is 9.64 Å². The van der Waals surface area contributed by atoms with Crippen LogP contribution in [0.4, 0.5) is 5.69 Å². The molecule has 3 aromatic rings. The zero-order chi connectivity index (χ0) is 22.9. The lowest BCUT2D eigenvalue weighted by Gasteiger charge is -2.35. The van der Waals surface area contributed by atoms with Crippen LogP contribution in [0.2, 0.25) is 0 Å². The number of amides is 2. The van der Waals surface area contributed by atoms with E-state index in [2.05, 4.69) is 4.98 Å². The Kier molecular flexibility index (Phi) is 5.85. The first-order valence-corrected chi connectivity index (χ1v) is 12.1. The Morgan fingerprint density at radius 1 is 1.18 bits per heavy atom. The molecule has 1 unspecified atom stereocenters. The van der Waals surface area contributed by atoms with Gasteiger partial charge in [-0.2, -0.15) is 0 Å². The Hall–Kier alpha value is -3.26. The van der Waals surface area contributed by atoms with Crippen molar-refractivity contribution >= 4 is 28.8 Å². The number of thiazole rings is 1. The van der Waals surface area contributed by atoms with Gasteiger partial charge in [0.15, 0.2) is 6.10 Å². The van der Waals surface area contributed by atoms with E-state index in [9.17, 15) is 9.59 Å². The quantitative estimate of drug-likeness (QED) is 0.578. The van der Waals surface area contributed by atoms with Gasteiger partial charge in [-0.15, -0.1) is 11.3 Å². The van der Waals surface area contributed by atoms with Crippen molar-refractivity contribution in [3.05, 3.63) is 47.5 Å². The van der Waals surface area contributed by atoms with E-state index in [-0.39, 0.29) is 18.4 Å². The fourth-order valence-corrected chi connectivity index (χ4v) is 5.27. The fourth-order valence-electron chi connectivity index (χ4n) is 4.36. The highest BCUT2D eigenvalue weighted by Gasteiger charge is 2.34. The first kappa shape index (κ1) is 21.6. The smallest absolute Gasteiger partial charge is 0.268 e. The molecule has 5 rings (SSSR count). The lowest BCUT2D eigenvalue weighted by atomic mass is 10.1. The Morgan fingerprint density at radius 3 is 2.76 bits per heavy atom. The number of likely N-dealkylation sites (tertiary alicyclic amines) is 1. The number of hydrogen-bond donors (Lipinski definition) is 0. The number of ether oxygens (including phenoxy) is 1. The predicted molar refractivity (Wildman–Crippen MR) is 128 cm³/mol. The molecule has 2 aliphatic heterocycles. The van der Waals surface area contributed by atoms with Crippen LogP contribution in [-0.4, -0.2) is 52.4 Å². The SMILES string of the molecule is Cc1sc(-c2ccccn2)nc1-c1ccc2c(c1)N(CC(=O)N1CCCCC1)C(=O)C(C)O2. The van der Waals surface area contributed by atoms with Gasteiger partial charge in [-0.25, -0.2) is 4.98 Å². The van der Waals surface area contributed by atoms with Crippen molar-refractivity contribution in [1.29, 1.82) is 0 Å². The van der Waals surface area contributed by atoms with Crippen LogP contribution in [0.15, 0.2) is 42.6 Å². The van der Waals surface area contributed by atoms with Crippen LogP contribution in [0.25, 0.3) is 22.0 Å². The zero-order valence-corrected chi connectivity index (χ0v) is 19.6. The van der Waals surface area contributed by atoms with Crippen molar-refractivity contribution in [1.82, 2.24) is 14.9 Å². The van der Waals surface area contributed by atoms with E-state index in [4.69, 9.17) is 9.72 Å². The number of carbonyl (C=O) groups is 2. The number of hydrogen-bond acceptors (Lipinski definition) is 6. The van der Waals surface area contributed by atoms with Crippen LogP contribution in [0.1, 0.15) is 31.1 Å². The lowest BCUT2D eigenvalue weighted by molar-refractivity contribution is -0.133. The summed E-state index contributed by atoms with van der Waals surface area (Å²) in [7, 11) is 0. The molecule has 1 atom stereocenters. The standard InChI is InChI=1S/C25H26N4O3S/c1-16-25(31)29(15-22(30)28-12-6-3-7-13-28)20-14-18(9-10-21(20)32-16)23-17(2)33-24(27-23)19-8-4-5-11-26-19/h4-5,8-11,14,16H,3,6-7,12-13,15H2,1-2H3. The molecule has 0 radical (unpaired) electrons. The molecule has 0 bridgehead atoms. The number of piperidine rings is 1. The van der Waals surface area contributed by atoms with Crippen LogP contribution in [-0.2, 0) is 9.59 Å². The molecule has 2 aliphatic rings. The highest BCUT2D eigenvalue weighted by Crippen LogP contribution is 2.40. The third-order valence-electron chi connectivity index (χ3n) is 6.12. The summed E-state index contributed by atoms with van der Waals surface area (Å²) in [6.07, 6.45) is 4.31. The Labute approximate surface area is 197 Å². The van der Waals surface area contributed by atoms with Crippen molar-refractivity contribution in [2.24, 2.45) is 0 Å². The largest absolute Gasteiger partial charge is 0.479 e. The van der Waals surface area contributed by atoms with Gasteiger partial charge in [-0.1, -0.05) is 6.07 Å². The van der Waals surface area contributed by atoms with Crippen LogP contribution in [0, 0.1) is 6.92 Å². The Morgan fingerprint density at radius 2 is 2.00 bits per heavy atom. The van der Waals surface area contributed by atoms with E-state index in [0.29, 0.717) is 11.4 Å². The van der Waals surface area contributed by atoms with E-state index in [1.807, 2.05) is 48.2 Å². The molecule has 0 saturated carbocycles. The van der Waals surface area contributed by atoms with Gasteiger partial charge in [0.25, 0.3) is 5.91 Å². The molecule has 33 heavy (non-hydrogen) atoms. The van der Waals surface area contributed by atoms with Crippen LogP contribution >= 0.6 is 11.3 Å². The monoisotopic (exact) mass is 462 g/mol. The van der Waals surface area contributed by atoms with Gasteiger partial charge in [0.1, 0.15) is 17.3 Å². The first-order chi connectivity index (χ1) is 16.0. The number of aryl methyl sites for hydroxylation is 1. The molecule has 1 fully saturated rings. The second-order valence-corrected chi connectivity index (χ2v) is 9.65. The molecular formula is C25H26N4O3S. The number of benzene rings is 1. The van der Waals surface area contributed by atoms with Gasteiger partial charge in [0.2, 0.25) is 5.91 Å². The molecule has 0 N–H and O–H groups in total. The topological polar surface area (TPSA) is 75.6 Å². The molecule has 8 heteroatoms. The average molecular weight is 463 g/mol. The van der Waals surface area contributed by atoms with E-state index in [1.54, 1.807) is 29.4 Å². The summed E-state index contributed by atoms with van der Waals surface area (Å²) in [4.78, 5) is 39.7. The zero-order valence-electron chi connectivity index (χ0n) is 18.8. The Balaban J connectivity index is 1.48. The van der Waals surface area contributed by atoms with E-state index in [0.717, 1.165) is 59.2 Å². The van der Waals surface area contributed by atoms with Crippen LogP contribution in [0.5, 0.6) is 5.75 Å². The number of fused-ring (bicyclic) bond motifs is 1. The molecule has 4 heterocycles. The minimum atomic E-state index is -0.630. The normalized spacial score (nSPS) is 18.1. The molecule has 170 valence electrons. The summed E-state index contributed by atoms with van der Waals surface area (Å²) in [5.74, 6) is 0.389. The summed E-state index contributed by atoms with van der Waals surface area (Å²) in [6, 6.07) is 11.5. The first-order valence-electron chi connectivity index (χ1n) is 11.3. The number of nitrogens with zero attached hydrogens (tertiary/aromatic N) is 4. The van der Waals surface area contributed by atoms with Crippen LogP contribution < -0.4 is 9.64 Å². The molecule has 2 amide bonds. The number of carbonyl (C=O) groups excluding carboxylic acids is 2. The molecule has 0 spiro atoms. The number of pyridine rings is 1. The van der Waals surface area contributed by atoms with E-state index >= 15 is 0 Å². The minimum absolute atomic E-state index is 0.0178. The van der Waals surface area contributed by atoms with Gasteiger partial charge in [-0.05, 0) is 63.4 Å². The minimum Gasteiger partial charge on any atom is -0.479 e. The van der Waals surface area contributed by atoms with E-state index in [1.165, 1.54) is 0 Å². The maximum atomic E-state index is 13.0. The summed E-state index contributed by atoms with van der Waals surface area (Å²) in [6.45, 7) is 5.29. The number of aromatic nitrogens is 2. The summed E-state index contributed by atoms with van der Waals surface area (Å²) < 4.78 is 5.85. The third kappa shape index (κ3) is 4.23. The molecule has 1 aromatic carbocycles. The maximum Gasteiger partial charge on any atom is 0.268 e. The molecule has 1 saturated heterocycles. The second-order valence-electron chi connectivity index (χ2n) is 8.45. The van der Waals surface area contributed by atoms with Gasteiger partial charge >= 0.3 is 0 Å². The van der Waals surface area contributed by atoms with Gasteiger partial charge in [-0.3, -0.25) is 19.5 Å². The highest BCUT2D eigenvalue weighted by atomic mass is 32.1. The molecule has 2 aromatic heterocycles. The number of rotatable bonds is 4. The van der Waals surface area contributed by atoms with Crippen molar-refractivity contribution in [2.45, 2.75) is 39.2 Å². The van der Waals surface area contributed by atoms with Crippen molar-refractivity contribution in [2.75, 3.05) is 24.5 Å². The average Bonchev–Trinajstić information content (AvgIpc) is 3.24. The number of anilines is 1. The van der Waals surface area contributed by atoms with E-state index < -0.39 is 6.10 Å². The maximum absolute atomic E-state index is 13.0. The summed E-state index contributed by atoms with van der Waals surface area (Å²) in [5, 5.41) is 0.846. The summed E-state index contributed by atoms with van der Waals surface area (Å²) in [5.41, 5.74) is 3.17. The predicted octanol–water partition coefficient (Wildman–Crippen LogP) is 4.31. The summed E-state index contributed by atoms with van der Waals surface area (Å²) >= 11 is 1.58. The lowest BCUT2D eigenvalue weighted by Crippen LogP contribution is -2.50. The third-order valence-corrected chi connectivity index (χ3v) is 7.12. The fraction of sp³-hybridized carbons (Fsp3) is 0.360. The molecule has 0 aliphatic carbocycles. The molecular weight excluding hydrogens is 436 g/mol. The van der Waals surface area contributed by atoms with Gasteiger partial charge in [0, 0.05) is 29.7 Å². The molecule has 7 nitrogen and oxygen atoms in total.